The van der Waals surface area contributed by atoms with Crippen LogP contribution in [0, 0.1) is 0 Å². The van der Waals surface area contributed by atoms with Crippen LogP contribution in [0.2, 0.25) is 0 Å². The normalized spacial score (nSPS) is 10.8. The van der Waals surface area contributed by atoms with Crippen LogP contribution >= 0.6 is 0 Å². The van der Waals surface area contributed by atoms with Gasteiger partial charge in [-0.15, -0.1) is 0 Å². The van der Waals surface area contributed by atoms with Crippen LogP contribution in [0.15, 0.2) is 0 Å². The topological polar surface area (TPSA) is 70.1 Å². The van der Waals surface area contributed by atoms with E-state index in [2.05, 4.69) is 18.7 Å². The Morgan fingerprint density at radius 3 is 2.15 bits per heavy atom. The molecule has 0 aliphatic rings. The van der Waals surface area contributed by atoms with Gasteiger partial charge >= 0.3 is 5.97 Å². The Morgan fingerprint density at radius 2 is 1.65 bits per heavy atom. The zero-order valence-electron chi connectivity index (χ0n) is 12.9. The third kappa shape index (κ3) is 8.87. The third-order valence-electron chi connectivity index (χ3n) is 3.26. The van der Waals surface area contributed by atoms with E-state index >= 15 is 0 Å². The van der Waals surface area contributed by atoms with Gasteiger partial charge in [-0.2, -0.15) is 0 Å². The molecule has 0 spiro atoms. The number of carbonyl (C=O) groups is 2. The van der Waals surface area contributed by atoms with Crippen molar-refractivity contribution in [3.8, 4) is 0 Å². The SMILES string of the molecule is CCN(CC)CCCCN(CCC(=O)O)C(=O)COC. The minimum absolute atomic E-state index is 0.00959. The molecule has 0 aliphatic heterocycles. The van der Waals surface area contributed by atoms with E-state index in [0.29, 0.717) is 6.54 Å². The maximum absolute atomic E-state index is 11.8. The van der Waals surface area contributed by atoms with Crippen LogP contribution in [0.1, 0.15) is 33.1 Å². The van der Waals surface area contributed by atoms with Crippen LogP contribution in [0.25, 0.3) is 0 Å². The van der Waals surface area contributed by atoms with Gasteiger partial charge in [0.15, 0.2) is 0 Å². The van der Waals surface area contributed by atoms with Gasteiger partial charge in [-0.1, -0.05) is 13.8 Å². The monoisotopic (exact) mass is 288 g/mol. The van der Waals surface area contributed by atoms with Gasteiger partial charge in [-0.25, -0.2) is 0 Å². The molecule has 0 aromatic carbocycles. The Labute approximate surface area is 121 Å². The molecule has 0 aromatic heterocycles. The summed E-state index contributed by atoms with van der Waals surface area (Å²) in [6, 6.07) is 0. The van der Waals surface area contributed by atoms with Gasteiger partial charge in [0.05, 0.1) is 6.42 Å². The Morgan fingerprint density at radius 1 is 1.05 bits per heavy atom. The van der Waals surface area contributed by atoms with Crippen molar-refractivity contribution in [2.75, 3.05) is 46.4 Å². The van der Waals surface area contributed by atoms with Crippen LogP contribution in [0.4, 0.5) is 0 Å². The predicted molar refractivity (Wildman–Crippen MR) is 77.7 cm³/mol. The summed E-state index contributed by atoms with van der Waals surface area (Å²) in [6.07, 6.45) is 1.86. The first-order valence-corrected chi connectivity index (χ1v) is 7.25. The fourth-order valence-electron chi connectivity index (χ4n) is 1.98. The second kappa shape index (κ2) is 11.7. The van der Waals surface area contributed by atoms with E-state index in [1.54, 1.807) is 4.90 Å². The second-order valence-corrected chi connectivity index (χ2v) is 4.69. The van der Waals surface area contributed by atoms with E-state index in [1.165, 1.54) is 7.11 Å². The number of carboxylic acid groups (broad SMARTS) is 1. The Balaban J connectivity index is 4.08. The molecule has 20 heavy (non-hydrogen) atoms. The highest BCUT2D eigenvalue weighted by Gasteiger charge is 2.14. The number of amides is 1. The molecule has 0 atom stereocenters. The zero-order chi connectivity index (χ0) is 15.4. The highest BCUT2D eigenvalue weighted by atomic mass is 16.5. The molecule has 1 N–H and O–H groups in total. The van der Waals surface area contributed by atoms with Crippen LogP contribution in [-0.2, 0) is 14.3 Å². The Kier molecular flexibility index (Phi) is 11.0. The van der Waals surface area contributed by atoms with Crippen molar-refractivity contribution >= 4 is 11.9 Å². The average Bonchev–Trinajstić information content (AvgIpc) is 2.42. The van der Waals surface area contributed by atoms with E-state index < -0.39 is 5.97 Å². The van der Waals surface area contributed by atoms with E-state index in [4.69, 9.17) is 9.84 Å². The van der Waals surface area contributed by atoms with E-state index in [9.17, 15) is 9.59 Å². The maximum Gasteiger partial charge on any atom is 0.305 e. The minimum atomic E-state index is -0.886. The first-order chi connectivity index (χ1) is 9.54. The van der Waals surface area contributed by atoms with Crippen molar-refractivity contribution in [2.24, 2.45) is 0 Å². The average molecular weight is 288 g/mol. The molecule has 0 saturated heterocycles. The number of rotatable bonds is 12. The van der Waals surface area contributed by atoms with Crippen LogP contribution in [0.3, 0.4) is 0 Å². The van der Waals surface area contributed by atoms with Crippen molar-refractivity contribution in [3.05, 3.63) is 0 Å². The van der Waals surface area contributed by atoms with E-state index in [0.717, 1.165) is 32.5 Å². The molecule has 1 amide bonds. The smallest absolute Gasteiger partial charge is 0.305 e. The Hall–Kier alpha value is -1.14. The number of ether oxygens (including phenoxy) is 1. The molecule has 0 heterocycles. The summed E-state index contributed by atoms with van der Waals surface area (Å²) in [5, 5.41) is 8.71. The number of aliphatic carboxylic acids is 1. The van der Waals surface area contributed by atoms with Crippen molar-refractivity contribution in [2.45, 2.75) is 33.1 Å². The fourth-order valence-corrected chi connectivity index (χ4v) is 1.98. The van der Waals surface area contributed by atoms with Gasteiger partial charge in [0, 0.05) is 20.2 Å². The number of methoxy groups -OCH3 is 1. The zero-order valence-corrected chi connectivity index (χ0v) is 12.9. The lowest BCUT2D eigenvalue weighted by atomic mass is 10.2. The van der Waals surface area contributed by atoms with Gasteiger partial charge in [-0.05, 0) is 32.5 Å². The van der Waals surface area contributed by atoms with Gasteiger partial charge in [-0.3, -0.25) is 9.59 Å². The van der Waals surface area contributed by atoms with Crippen molar-refractivity contribution in [1.29, 1.82) is 0 Å². The molecule has 0 fully saturated rings. The van der Waals surface area contributed by atoms with Gasteiger partial charge in [0.25, 0.3) is 0 Å². The molecule has 6 heteroatoms. The standard InChI is InChI=1S/C14H28N2O4/c1-4-15(5-2)9-6-7-10-16(11-8-14(18)19)13(17)12-20-3/h4-12H2,1-3H3,(H,18,19). The van der Waals surface area contributed by atoms with Crippen molar-refractivity contribution in [1.82, 2.24) is 9.80 Å². The molecular weight excluding hydrogens is 260 g/mol. The van der Waals surface area contributed by atoms with Crippen LogP contribution < -0.4 is 0 Å². The van der Waals surface area contributed by atoms with Gasteiger partial charge < -0.3 is 19.6 Å². The molecule has 0 aliphatic carbocycles. The molecule has 118 valence electrons. The molecule has 0 unspecified atom stereocenters. The predicted octanol–water partition coefficient (Wildman–Crippen LogP) is 1.06. The highest BCUT2D eigenvalue weighted by Crippen LogP contribution is 2.01. The van der Waals surface area contributed by atoms with Crippen molar-refractivity contribution in [3.63, 3.8) is 0 Å². The lowest BCUT2D eigenvalue weighted by Crippen LogP contribution is -2.36. The number of carbonyl (C=O) groups excluding carboxylic acids is 1. The number of unbranched alkanes of at least 4 members (excludes halogenated alkanes) is 1. The molecule has 0 saturated carbocycles. The quantitative estimate of drug-likeness (QED) is 0.544. The first kappa shape index (κ1) is 18.9. The summed E-state index contributed by atoms with van der Waals surface area (Å²) in [4.78, 5) is 26.3. The highest BCUT2D eigenvalue weighted by molar-refractivity contribution is 5.78. The van der Waals surface area contributed by atoms with Crippen LogP contribution in [-0.4, -0.2) is 73.2 Å². The summed E-state index contributed by atoms with van der Waals surface area (Å²) >= 11 is 0. The van der Waals surface area contributed by atoms with Crippen molar-refractivity contribution < 1.29 is 19.4 Å². The molecule has 6 nitrogen and oxygen atoms in total. The van der Waals surface area contributed by atoms with Gasteiger partial charge in [0.1, 0.15) is 6.61 Å². The minimum Gasteiger partial charge on any atom is -0.481 e. The summed E-state index contributed by atoms with van der Waals surface area (Å²) in [7, 11) is 1.47. The van der Waals surface area contributed by atoms with E-state index in [-0.39, 0.29) is 25.5 Å². The number of hydrogen-bond acceptors (Lipinski definition) is 4. The second-order valence-electron chi connectivity index (χ2n) is 4.69. The third-order valence-corrected chi connectivity index (χ3v) is 3.26. The maximum atomic E-state index is 11.8. The summed E-state index contributed by atoms with van der Waals surface area (Å²) in [6.45, 7) is 8.19. The largest absolute Gasteiger partial charge is 0.481 e. The summed E-state index contributed by atoms with van der Waals surface area (Å²) in [5.74, 6) is -1.03. The molecule has 0 aromatic rings. The molecular formula is C14H28N2O4. The molecule has 0 bridgehead atoms. The summed E-state index contributed by atoms with van der Waals surface area (Å²) in [5.41, 5.74) is 0. The Bertz CT molecular complexity index is 280. The lowest BCUT2D eigenvalue weighted by Gasteiger charge is -2.23. The molecule has 0 rings (SSSR count). The number of hydrogen-bond donors (Lipinski definition) is 1. The van der Waals surface area contributed by atoms with E-state index in [1.807, 2.05) is 0 Å². The summed E-state index contributed by atoms with van der Waals surface area (Å²) < 4.78 is 4.82. The van der Waals surface area contributed by atoms with Crippen LogP contribution in [0.5, 0.6) is 0 Å². The lowest BCUT2D eigenvalue weighted by molar-refractivity contribution is -0.139. The number of carboxylic acids is 1. The fraction of sp³-hybridized carbons (Fsp3) is 0.857. The first-order valence-electron chi connectivity index (χ1n) is 7.25. The number of nitrogens with zero attached hydrogens (tertiary/aromatic N) is 2. The van der Waals surface area contributed by atoms with Gasteiger partial charge in [0.2, 0.25) is 5.91 Å². The molecule has 0 radical (unpaired) electrons.